The molecule has 0 N–H and O–H groups in total. The number of halogens is 1. The summed E-state index contributed by atoms with van der Waals surface area (Å²) >= 11 is 0. The molecule has 0 radical (unpaired) electrons. The number of carbonyl (C=O) groups is 2. The Bertz CT molecular complexity index is 944. The van der Waals surface area contributed by atoms with E-state index in [0.29, 0.717) is 36.9 Å². The number of fused-ring (bicyclic) bond motifs is 1. The van der Waals surface area contributed by atoms with E-state index in [9.17, 15) is 14.0 Å². The van der Waals surface area contributed by atoms with E-state index in [-0.39, 0.29) is 24.2 Å². The van der Waals surface area contributed by atoms with Crippen molar-refractivity contribution in [2.24, 2.45) is 0 Å². The van der Waals surface area contributed by atoms with Crippen LogP contribution in [0, 0.1) is 5.82 Å². The highest BCUT2D eigenvalue weighted by molar-refractivity contribution is 5.97. The molecule has 2 aromatic rings. The third-order valence-electron chi connectivity index (χ3n) is 6.34. The zero-order chi connectivity index (χ0) is 21.8. The minimum atomic E-state index is -0.287. The highest BCUT2D eigenvalue weighted by Crippen LogP contribution is 2.29. The van der Waals surface area contributed by atoms with Gasteiger partial charge in [-0.15, -0.1) is 0 Å². The van der Waals surface area contributed by atoms with Crippen LogP contribution < -0.4 is 4.74 Å². The van der Waals surface area contributed by atoms with E-state index in [0.717, 1.165) is 36.9 Å². The molecule has 164 valence electrons. The zero-order valence-electron chi connectivity index (χ0n) is 18.0. The van der Waals surface area contributed by atoms with Gasteiger partial charge in [0.25, 0.3) is 11.8 Å². The molecule has 4 rings (SSSR count). The molecule has 2 aliphatic heterocycles. The molecule has 0 aliphatic carbocycles. The summed E-state index contributed by atoms with van der Waals surface area (Å²) in [5.41, 5.74) is 2.37. The molecule has 2 amide bonds. The van der Waals surface area contributed by atoms with E-state index in [1.165, 1.54) is 18.6 Å². The minimum absolute atomic E-state index is 0.000434. The molecule has 0 bridgehead atoms. The third kappa shape index (κ3) is 4.73. The fourth-order valence-electron chi connectivity index (χ4n) is 4.61. The van der Waals surface area contributed by atoms with Gasteiger partial charge in [0.05, 0.1) is 0 Å². The summed E-state index contributed by atoms with van der Waals surface area (Å²) in [6, 6.07) is 12.0. The molecule has 1 fully saturated rings. The summed E-state index contributed by atoms with van der Waals surface area (Å²) in [6.07, 6.45) is 4.90. The predicted molar refractivity (Wildman–Crippen MR) is 116 cm³/mol. The second-order valence-corrected chi connectivity index (χ2v) is 8.32. The molecule has 2 aromatic carbocycles. The Morgan fingerprint density at radius 1 is 1.13 bits per heavy atom. The SMILES string of the molecule is CCC1CCCCN1C(=O)COc1cccc2c1CCN(Cc1ccc(F)cc1)C2=O. The van der Waals surface area contributed by atoms with E-state index >= 15 is 0 Å². The fraction of sp³-hybridized carbons (Fsp3) is 0.440. The molecule has 5 nitrogen and oxygen atoms in total. The molecule has 31 heavy (non-hydrogen) atoms. The number of benzene rings is 2. The van der Waals surface area contributed by atoms with Gasteiger partial charge in [0.15, 0.2) is 6.61 Å². The van der Waals surface area contributed by atoms with Crippen LogP contribution in [0.1, 0.15) is 54.1 Å². The van der Waals surface area contributed by atoms with Crippen LogP contribution in [-0.4, -0.2) is 47.4 Å². The number of hydrogen-bond acceptors (Lipinski definition) is 3. The largest absolute Gasteiger partial charge is 0.483 e. The summed E-state index contributed by atoms with van der Waals surface area (Å²) in [5, 5.41) is 0. The number of carbonyl (C=O) groups excluding carboxylic acids is 2. The lowest BCUT2D eigenvalue weighted by atomic mass is 9.97. The van der Waals surface area contributed by atoms with Crippen molar-refractivity contribution in [2.45, 2.75) is 51.6 Å². The van der Waals surface area contributed by atoms with E-state index < -0.39 is 0 Å². The molecule has 0 spiro atoms. The molecule has 1 atom stereocenters. The summed E-state index contributed by atoms with van der Waals surface area (Å²) < 4.78 is 19.1. The summed E-state index contributed by atoms with van der Waals surface area (Å²) in [5.74, 6) is 0.282. The van der Waals surface area contributed by atoms with Crippen LogP contribution >= 0.6 is 0 Å². The number of amides is 2. The van der Waals surface area contributed by atoms with Gasteiger partial charge < -0.3 is 14.5 Å². The standard InChI is InChI=1S/C25H29FN2O3/c1-2-20-6-3-4-14-28(20)24(29)17-31-23-8-5-7-22-21(23)13-15-27(25(22)30)16-18-9-11-19(26)12-10-18/h5,7-12,20H,2-4,6,13-17H2,1H3. The van der Waals surface area contributed by atoms with Gasteiger partial charge >= 0.3 is 0 Å². The van der Waals surface area contributed by atoms with Crippen molar-refractivity contribution in [3.63, 3.8) is 0 Å². The van der Waals surface area contributed by atoms with E-state index in [2.05, 4.69) is 6.92 Å². The Hall–Kier alpha value is -2.89. The molecule has 2 aliphatic rings. The van der Waals surface area contributed by atoms with Crippen molar-refractivity contribution >= 4 is 11.8 Å². The predicted octanol–water partition coefficient (Wildman–Crippen LogP) is 4.19. The fourth-order valence-corrected chi connectivity index (χ4v) is 4.61. The lowest BCUT2D eigenvalue weighted by Gasteiger charge is -2.35. The van der Waals surface area contributed by atoms with E-state index in [4.69, 9.17) is 4.74 Å². The first-order valence-electron chi connectivity index (χ1n) is 11.1. The number of piperidine rings is 1. The van der Waals surface area contributed by atoms with E-state index in [1.807, 2.05) is 11.0 Å². The zero-order valence-corrected chi connectivity index (χ0v) is 18.0. The molecule has 0 saturated carbocycles. The van der Waals surface area contributed by atoms with Crippen LogP contribution in [0.3, 0.4) is 0 Å². The van der Waals surface area contributed by atoms with Crippen LogP contribution in [0.15, 0.2) is 42.5 Å². The van der Waals surface area contributed by atoms with Crippen LogP contribution in [-0.2, 0) is 17.8 Å². The molecular weight excluding hydrogens is 395 g/mol. The molecule has 2 heterocycles. The smallest absolute Gasteiger partial charge is 0.260 e. The first kappa shape index (κ1) is 21.3. The first-order chi connectivity index (χ1) is 15.1. The van der Waals surface area contributed by atoms with Crippen molar-refractivity contribution < 1.29 is 18.7 Å². The van der Waals surface area contributed by atoms with Gasteiger partial charge in [0.2, 0.25) is 0 Å². The highest BCUT2D eigenvalue weighted by atomic mass is 19.1. The van der Waals surface area contributed by atoms with Gasteiger partial charge in [-0.3, -0.25) is 9.59 Å². The lowest BCUT2D eigenvalue weighted by molar-refractivity contribution is -0.137. The van der Waals surface area contributed by atoms with Crippen molar-refractivity contribution in [1.82, 2.24) is 9.80 Å². The maximum atomic E-state index is 13.2. The Balaban J connectivity index is 1.43. The van der Waals surface area contributed by atoms with Gasteiger partial charge in [-0.1, -0.05) is 25.1 Å². The summed E-state index contributed by atoms with van der Waals surface area (Å²) in [6.45, 7) is 3.91. The van der Waals surface area contributed by atoms with Gasteiger partial charge in [-0.25, -0.2) is 4.39 Å². The van der Waals surface area contributed by atoms with Gasteiger partial charge in [0.1, 0.15) is 11.6 Å². The number of nitrogens with zero attached hydrogens (tertiary/aromatic N) is 2. The Labute approximate surface area is 182 Å². The minimum Gasteiger partial charge on any atom is -0.483 e. The van der Waals surface area contributed by atoms with Crippen LogP contribution in [0.4, 0.5) is 4.39 Å². The molecule has 1 unspecified atom stereocenters. The Kier molecular flexibility index (Phi) is 6.54. The average molecular weight is 425 g/mol. The molecule has 0 aromatic heterocycles. The number of rotatable bonds is 6. The summed E-state index contributed by atoms with van der Waals surface area (Å²) in [7, 11) is 0. The normalized spacial score (nSPS) is 18.6. The maximum absolute atomic E-state index is 13.2. The van der Waals surface area contributed by atoms with Gasteiger partial charge in [-0.05, 0) is 61.9 Å². The van der Waals surface area contributed by atoms with Crippen LogP contribution in [0.25, 0.3) is 0 Å². The number of ether oxygens (including phenoxy) is 1. The first-order valence-corrected chi connectivity index (χ1v) is 11.1. The Morgan fingerprint density at radius 3 is 2.71 bits per heavy atom. The molecule has 6 heteroatoms. The quantitative estimate of drug-likeness (QED) is 0.699. The van der Waals surface area contributed by atoms with Crippen LogP contribution in [0.5, 0.6) is 5.75 Å². The second-order valence-electron chi connectivity index (χ2n) is 8.32. The molecular formula is C25H29FN2O3. The topological polar surface area (TPSA) is 49.9 Å². The average Bonchev–Trinajstić information content (AvgIpc) is 2.80. The van der Waals surface area contributed by atoms with Crippen LogP contribution in [0.2, 0.25) is 0 Å². The lowest BCUT2D eigenvalue weighted by Crippen LogP contribution is -2.45. The van der Waals surface area contributed by atoms with E-state index in [1.54, 1.807) is 29.2 Å². The third-order valence-corrected chi connectivity index (χ3v) is 6.34. The van der Waals surface area contributed by atoms with Crippen molar-refractivity contribution in [2.75, 3.05) is 19.7 Å². The highest BCUT2D eigenvalue weighted by Gasteiger charge is 2.28. The van der Waals surface area contributed by atoms with Crippen molar-refractivity contribution in [1.29, 1.82) is 0 Å². The second kappa shape index (κ2) is 9.50. The van der Waals surface area contributed by atoms with Gasteiger partial charge in [0, 0.05) is 36.8 Å². The van der Waals surface area contributed by atoms with Crippen molar-refractivity contribution in [3.8, 4) is 5.75 Å². The monoisotopic (exact) mass is 424 g/mol. The summed E-state index contributed by atoms with van der Waals surface area (Å²) in [4.78, 5) is 29.5. The van der Waals surface area contributed by atoms with Gasteiger partial charge in [-0.2, -0.15) is 0 Å². The maximum Gasteiger partial charge on any atom is 0.260 e. The Morgan fingerprint density at radius 2 is 1.94 bits per heavy atom. The number of hydrogen-bond donors (Lipinski definition) is 0. The number of likely N-dealkylation sites (tertiary alicyclic amines) is 1. The van der Waals surface area contributed by atoms with Crippen molar-refractivity contribution in [3.05, 3.63) is 65.0 Å². The molecule has 1 saturated heterocycles.